The van der Waals surface area contributed by atoms with Gasteiger partial charge >= 0.3 is 0 Å². The number of hydrogen-bond donors (Lipinski definition) is 1. The van der Waals surface area contributed by atoms with Crippen molar-refractivity contribution in [3.05, 3.63) is 35.9 Å². The molecular formula is C20H20N2O7. The minimum absolute atomic E-state index is 0.171. The van der Waals surface area contributed by atoms with E-state index in [0.717, 1.165) is 5.56 Å². The molecule has 0 aliphatic carbocycles. The van der Waals surface area contributed by atoms with Crippen LogP contribution in [0.4, 0.5) is 5.69 Å². The Morgan fingerprint density at radius 2 is 1.76 bits per heavy atom. The monoisotopic (exact) mass is 400 g/mol. The Morgan fingerprint density at radius 3 is 2.45 bits per heavy atom. The maximum absolute atomic E-state index is 12.6. The van der Waals surface area contributed by atoms with Crippen molar-refractivity contribution in [2.24, 2.45) is 5.16 Å². The van der Waals surface area contributed by atoms with Gasteiger partial charge in [-0.15, -0.1) is 0 Å². The van der Waals surface area contributed by atoms with E-state index in [1.165, 1.54) is 21.3 Å². The Bertz CT molecular complexity index is 948. The van der Waals surface area contributed by atoms with Crippen molar-refractivity contribution in [3.63, 3.8) is 0 Å². The first kappa shape index (κ1) is 18.7. The lowest BCUT2D eigenvalue weighted by atomic mass is 10.0. The standard InChI is InChI=1S/C20H20N2O7/c1-24-16-6-11(7-17(25-2)19(16)26-3)13-9-18(29-22-13)20(23)21-12-4-5-14-15(8-12)28-10-27-14/h4-8,18H,9-10H2,1-3H3,(H,21,23)/t18-/m1/s1. The number of hydrogen-bond acceptors (Lipinski definition) is 8. The average Bonchev–Trinajstić information content (AvgIpc) is 3.41. The number of amides is 1. The zero-order valence-corrected chi connectivity index (χ0v) is 16.2. The highest BCUT2D eigenvalue weighted by molar-refractivity contribution is 6.06. The molecule has 2 aromatic carbocycles. The molecule has 2 aromatic rings. The average molecular weight is 400 g/mol. The quantitative estimate of drug-likeness (QED) is 0.796. The largest absolute Gasteiger partial charge is 0.493 e. The molecule has 29 heavy (non-hydrogen) atoms. The molecule has 0 unspecified atom stereocenters. The van der Waals surface area contributed by atoms with E-state index in [1.54, 1.807) is 30.3 Å². The smallest absolute Gasteiger partial charge is 0.268 e. The molecular weight excluding hydrogens is 380 g/mol. The van der Waals surface area contributed by atoms with Crippen LogP contribution in [-0.4, -0.2) is 45.8 Å². The number of carbonyl (C=O) groups excluding carboxylic acids is 1. The van der Waals surface area contributed by atoms with Crippen molar-refractivity contribution < 1.29 is 33.3 Å². The summed E-state index contributed by atoms with van der Waals surface area (Å²) >= 11 is 0. The van der Waals surface area contributed by atoms with E-state index in [0.29, 0.717) is 46.6 Å². The van der Waals surface area contributed by atoms with E-state index in [1.807, 2.05) is 0 Å². The molecule has 0 bridgehead atoms. The Hall–Kier alpha value is -3.62. The second-order valence-corrected chi connectivity index (χ2v) is 6.31. The van der Waals surface area contributed by atoms with Gasteiger partial charge in [-0.3, -0.25) is 4.79 Å². The van der Waals surface area contributed by atoms with Crippen LogP contribution in [0.5, 0.6) is 28.7 Å². The lowest BCUT2D eigenvalue weighted by molar-refractivity contribution is -0.125. The minimum Gasteiger partial charge on any atom is -0.493 e. The molecule has 1 amide bonds. The summed E-state index contributed by atoms with van der Waals surface area (Å²) in [6, 6.07) is 8.71. The summed E-state index contributed by atoms with van der Waals surface area (Å²) in [5.41, 5.74) is 1.91. The van der Waals surface area contributed by atoms with Crippen molar-refractivity contribution in [3.8, 4) is 28.7 Å². The molecule has 2 heterocycles. The van der Waals surface area contributed by atoms with Gasteiger partial charge < -0.3 is 33.8 Å². The molecule has 0 fully saturated rings. The highest BCUT2D eigenvalue weighted by Gasteiger charge is 2.30. The van der Waals surface area contributed by atoms with Crippen molar-refractivity contribution in [2.75, 3.05) is 33.4 Å². The summed E-state index contributed by atoms with van der Waals surface area (Å²) in [6.45, 7) is 0.171. The van der Waals surface area contributed by atoms with Gasteiger partial charge in [0.15, 0.2) is 23.0 Å². The lowest BCUT2D eigenvalue weighted by Crippen LogP contribution is -2.28. The van der Waals surface area contributed by atoms with Crippen LogP contribution in [0.2, 0.25) is 0 Å². The highest BCUT2D eigenvalue weighted by Crippen LogP contribution is 2.39. The van der Waals surface area contributed by atoms with Gasteiger partial charge in [-0.2, -0.15) is 0 Å². The number of oxime groups is 1. The van der Waals surface area contributed by atoms with Gasteiger partial charge in [0, 0.05) is 23.7 Å². The Labute approximate surface area is 167 Å². The van der Waals surface area contributed by atoms with Crippen molar-refractivity contribution in [1.29, 1.82) is 0 Å². The van der Waals surface area contributed by atoms with E-state index in [4.69, 9.17) is 28.5 Å². The lowest BCUT2D eigenvalue weighted by Gasteiger charge is -2.14. The van der Waals surface area contributed by atoms with E-state index in [-0.39, 0.29) is 12.7 Å². The summed E-state index contributed by atoms with van der Waals surface area (Å²) in [4.78, 5) is 17.9. The fraction of sp³-hybridized carbons (Fsp3) is 0.300. The molecule has 9 heteroatoms. The molecule has 0 radical (unpaired) electrons. The second-order valence-electron chi connectivity index (χ2n) is 6.31. The van der Waals surface area contributed by atoms with E-state index < -0.39 is 6.10 Å². The number of nitrogens with one attached hydrogen (secondary N) is 1. The SMILES string of the molecule is COc1cc(C2=NO[C@@H](C(=O)Nc3ccc4c(c3)OCO4)C2)cc(OC)c1OC. The van der Waals surface area contributed by atoms with Crippen LogP contribution in [0.1, 0.15) is 12.0 Å². The first-order valence-electron chi connectivity index (χ1n) is 8.86. The van der Waals surface area contributed by atoms with Crippen molar-refractivity contribution in [2.45, 2.75) is 12.5 Å². The van der Waals surface area contributed by atoms with Gasteiger partial charge in [0.25, 0.3) is 5.91 Å². The maximum Gasteiger partial charge on any atom is 0.268 e. The number of rotatable bonds is 6. The summed E-state index contributed by atoms with van der Waals surface area (Å²) in [5.74, 6) is 2.40. The predicted octanol–water partition coefficient (Wildman–Crippen LogP) is 2.57. The number of ether oxygens (including phenoxy) is 5. The third-order valence-electron chi connectivity index (χ3n) is 4.60. The molecule has 152 valence electrons. The van der Waals surface area contributed by atoms with Crippen LogP contribution < -0.4 is 29.0 Å². The third kappa shape index (κ3) is 3.58. The fourth-order valence-electron chi connectivity index (χ4n) is 3.13. The van der Waals surface area contributed by atoms with Crippen molar-refractivity contribution >= 4 is 17.3 Å². The van der Waals surface area contributed by atoms with Crippen LogP contribution in [0.3, 0.4) is 0 Å². The van der Waals surface area contributed by atoms with E-state index in [9.17, 15) is 4.79 Å². The molecule has 1 atom stereocenters. The Kier molecular flexibility index (Phi) is 5.03. The van der Waals surface area contributed by atoms with E-state index in [2.05, 4.69) is 10.5 Å². The molecule has 2 aliphatic rings. The number of carbonyl (C=O) groups is 1. The molecule has 0 saturated carbocycles. The molecule has 2 aliphatic heterocycles. The number of nitrogens with zero attached hydrogens (tertiary/aromatic N) is 1. The first-order chi connectivity index (χ1) is 14.1. The zero-order valence-electron chi connectivity index (χ0n) is 16.2. The molecule has 4 rings (SSSR count). The van der Waals surface area contributed by atoms with Gasteiger partial charge in [0.2, 0.25) is 18.6 Å². The maximum atomic E-state index is 12.6. The minimum atomic E-state index is -0.755. The van der Waals surface area contributed by atoms with E-state index >= 15 is 0 Å². The number of anilines is 1. The van der Waals surface area contributed by atoms with Gasteiger partial charge in [-0.05, 0) is 24.3 Å². The zero-order chi connectivity index (χ0) is 20.4. The molecule has 1 N–H and O–H groups in total. The fourth-order valence-corrected chi connectivity index (χ4v) is 3.13. The summed E-state index contributed by atoms with van der Waals surface area (Å²) in [5, 5.41) is 6.88. The number of methoxy groups -OCH3 is 3. The second kappa shape index (κ2) is 7.78. The molecule has 0 saturated heterocycles. The van der Waals surface area contributed by atoms with Crippen LogP contribution in [0.25, 0.3) is 0 Å². The van der Waals surface area contributed by atoms with Gasteiger partial charge in [-0.1, -0.05) is 5.16 Å². The van der Waals surface area contributed by atoms with Gasteiger partial charge in [0.05, 0.1) is 27.0 Å². The molecule has 0 aromatic heterocycles. The number of benzene rings is 2. The van der Waals surface area contributed by atoms with Crippen LogP contribution in [0, 0.1) is 0 Å². The molecule has 9 nitrogen and oxygen atoms in total. The van der Waals surface area contributed by atoms with Crippen LogP contribution in [0.15, 0.2) is 35.5 Å². The first-order valence-corrected chi connectivity index (χ1v) is 8.86. The predicted molar refractivity (Wildman–Crippen MR) is 103 cm³/mol. The highest BCUT2D eigenvalue weighted by atomic mass is 16.7. The molecule has 0 spiro atoms. The summed E-state index contributed by atoms with van der Waals surface area (Å²) in [7, 11) is 4.61. The Morgan fingerprint density at radius 1 is 1.03 bits per heavy atom. The normalized spacial score (nSPS) is 16.7. The summed E-state index contributed by atoms with van der Waals surface area (Å²) < 4.78 is 26.7. The topological polar surface area (TPSA) is 96.8 Å². The van der Waals surface area contributed by atoms with Gasteiger partial charge in [-0.25, -0.2) is 0 Å². The van der Waals surface area contributed by atoms with Crippen molar-refractivity contribution in [1.82, 2.24) is 0 Å². The third-order valence-corrected chi connectivity index (χ3v) is 4.60. The van der Waals surface area contributed by atoms with Crippen LogP contribution in [-0.2, 0) is 9.63 Å². The van der Waals surface area contributed by atoms with Crippen LogP contribution >= 0.6 is 0 Å². The summed E-state index contributed by atoms with van der Waals surface area (Å²) in [6.07, 6.45) is -0.454. The number of fused-ring (bicyclic) bond motifs is 1. The van der Waals surface area contributed by atoms with Gasteiger partial charge in [0.1, 0.15) is 0 Å². The Balaban J connectivity index is 1.46.